The molecule has 2 aliphatic rings. The number of likely N-dealkylation sites (N-methyl/N-ethyl adjacent to an activating group) is 1. The lowest BCUT2D eigenvalue weighted by atomic mass is 9.93. The summed E-state index contributed by atoms with van der Waals surface area (Å²) in [6.45, 7) is 9.48. The lowest BCUT2D eigenvalue weighted by molar-refractivity contribution is -0.130. The van der Waals surface area contributed by atoms with Crippen LogP contribution in [0.1, 0.15) is 36.4 Å². The lowest BCUT2D eigenvalue weighted by Gasteiger charge is -2.43. The molecule has 0 unspecified atom stereocenters. The molecule has 0 spiro atoms. The van der Waals surface area contributed by atoms with Crippen molar-refractivity contribution in [1.82, 2.24) is 24.3 Å². The average Bonchev–Trinajstić information content (AvgIpc) is 3.40. The van der Waals surface area contributed by atoms with Crippen molar-refractivity contribution >= 4 is 45.3 Å². The molecule has 2 saturated heterocycles. The largest absolute Gasteiger partial charge is 0.351 e. The molecule has 222 valence electrons. The van der Waals surface area contributed by atoms with Gasteiger partial charge in [-0.1, -0.05) is 36.4 Å². The first-order chi connectivity index (χ1) is 20.6. The highest BCUT2D eigenvalue weighted by molar-refractivity contribution is 6.34. The molecule has 43 heavy (non-hydrogen) atoms. The van der Waals surface area contributed by atoms with Crippen LogP contribution in [-0.4, -0.2) is 76.1 Å². The minimum absolute atomic E-state index is 0.0316. The van der Waals surface area contributed by atoms with E-state index < -0.39 is 5.82 Å². The summed E-state index contributed by atoms with van der Waals surface area (Å²) in [5.41, 5.74) is 4.56. The van der Waals surface area contributed by atoms with Crippen molar-refractivity contribution in [2.45, 2.75) is 51.2 Å². The van der Waals surface area contributed by atoms with Gasteiger partial charge in [0.15, 0.2) is 11.6 Å². The van der Waals surface area contributed by atoms with E-state index in [1.54, 1.807) is 4.90 Å². The average molecular weight is 600 g/mol. The van der Waals surface area contributed by atoms with Crippen molar-refractivity contribution in [2.75, 3.05) is 38.6 Å². The molecule has 8 nitrogen and oxygen atoms in total. The van der Waals surface area contributed by atoms with Gasteiger partial charge >= 0.3 is 0 Å². The van der Waals surface area contributed by atoms with E-state index in [-0.39, 0.29) is 29.9 Å². The third kappa shape index (κ3) is 4.83. The van der Waals surface area contributed by atoms with E-state index in [1.165, 1.54) is 6.08 Å². The van der Waals surface area contributed by atoms with Crippen LogP contribution in [0.4, 0.5) is 10.2 Å². The van der Waals surface area contributed by atoms with Gasteiger partial charge in [-0.15, -0.1) is 0 Å². The molecule has 0 aliphatic carbocycles. The number of nitriles is 1. The zero-order valence-corrected chi connectivity index (χ0v) is 25.7. The van der Waals surface area contributed by atoms with Gasteiger partial charge in [0.05, 0.1) is 29.4 Å². The van der Waals surface area contributed by atoms with Crippen molar-refractivity contribution < 1.29 is 9.18 Å². The molecule has 0 bridgehead atoms. The van der Waals surface area contributed by atoms with Gasteiger partial charge in [-0.05, 0) is 64.1 Å². The maximum atomic E-state index is 16.8. The van der Waals surface area contributed by atoms with Crippen LogP contribution in [0.5, 0.6) is 0 Å². The van der Waals surface area contributed by atoms with Gasteiger partial charge in [0.1, 0.15) is 11.0 Å². The molecule has 2 aliphatic heterocycles. The number of hydrogen-bond acceptors (Lipinski definition) is 6. The molecule has 1 amide bonds. The fourth-order valence-corrected chi connectivity index (χ4v) is 6.84. The topological polar surface area (TPSA) is 81.3 Å². The molecule has 2 atom stereocenters. The zero-order valence-electron chi connectivity index (χ0n) is 24.9. The smallest absolute Gasteiger partial charge is 0.246 e. The highest BCUT2D eigenvalue weighted by Gasteiger charge is 2.35. The van der Waals surface area contributed by atoms with Crippen LogP contribution in [0.25, 0.3) is 33.1 Å². The molecule has 2 fully saturated rings. The SMILES string of the molecule is C=CC(=O)N1CC[C@H](n2cnc3c(N4CC(N(C)C)C4)nc4c(F)c(-c5cccc(C)c5Cl)c(C)cc4c32)C[C@H]1CC#N. The summed E-state index contributed by atoms with van der Waals surface area (Å²) >= 11 is 6.70. The monoisotopic (exact) mass is 599 g/mol. The van der Waals surface area contributed by atoms with E-state index >= 15 is 4.39 Å². The first kappa shape index (κ1) is 29.1. The van der Waals surface area contributed by atoms with Crippen molar-refractivity contribution in [3.8, 4) is 17.2 Å². The van der Waals surface area contributed by atoms with Crippen LogP contribution in [0, 0.1) is 31.0 Å². The fraction of sp³-hybridized carbons (Fsp3) is 0.394. The lowest BCUT2D eigenvalue weighted by Crippen LogP contribution is -2.57. The molecule has 10 heteroatoms. The number of piperidine rings is 1. The van der Waals surface area contributed by atoms with Crippen LogP contribution in [0.15, 0.2) is 43.2 Å². The zero-order chi connectivity index (χ0) is 30.6. The van der Waals surface area contributed by atoms with Gasteiger partial charge in [-0.25, -0.2) is 14.4 Å². The molecule has 4 heterocycles. The maximum absolute atomic E-state index is 16.8. The van der Waals surface area contributed by atoms with Gasteiger partial charge in [0.2, 0.25) is 5.91 Å². The summed E-state index contributed by atoms with van der Waals surface area (Å²) < 4.78 is 18.9. The van der Waals surface area contributed by atoms with E-state index in [1.807, 2.05) is 44.4 Å². The molecular weight excluding hydrogens is 565 g/mol. The van der Waals surface area contributed by atoms with Gasteiger partial charge in [-0.3, -0.25) is 4.79 Å². The Morgan fingerprint density at radius 2 is 2.02 bits per heavy atom. The van der Waals surface area contributed by atoms with E-state index in [0.29, 0.717) is 52.8 Å². The van der Waals surface area contributed by atoms with E-state index in [2.05, 4.69) is 41.1 Å². The summed E-state index contributed by atoms with van der Waals surface area (Å²) in [6, 6.07) is 9.98. The molecule has 0 N–H and O–H groups in total. The standard InChI is InChI=1S/C33H35ClFN7O/c1-6-26(43)41-13-11-22(15-21(41)10-12-36)42-18-37-31-32(42)25-14-20(3)27(24-9-7-8-19(2)28(24)34)29(35)30(25)38-33(31)40-16-23(17-40)39(4)5/h6-9,14,18,21-23H,1,10-11,13,15-17H2,2-5H3/t21-,22+/m1/s1. The number of aromatic nitrogens is 3. The first-order valence-electron chi connectivity index (χ1n) is 14.6. The number of anilines is 1. The normalized spacial score (nSPS) is 19.2. The second-order valence-electron chi connectivity index (χ2n) is 12.0. The third-order valence-corrected chi connectivity index (χ3v) is 9.64. The Kier molecular flexibility index (Phi) is 7.61. The Bertz CT molecular complexity index is 1800. The van der Waals surface area contributed by atoms with Crippen molar-refractivity contribution in [3.05, 3.63) is 65.2 Å². The van der Waals surface area contributed by atoms with E-state index in [9.17, 15) is 10.1 Å². The summed E-state index contributed by atoms with van der Waals surface area (Å²) in [7, 11) is 4.11. The van der Waals surface area contributed by atoms with Gasteiger partial charge < -0.3 is 19.3 Å². The highest BCUT2D eigenvalue weighted by atomic mass is 35.5. The number of likely N-dealkylation sites (tertiary alicyclic amines) is 1. The van der Waals surface area contributed by atoms with Crippen LogP contribution in [0.2, 0.25) is 5.02 Å². The number of nitrogens with zero attached hydrogens (tertiary/aromatic N) is 7. The number of benzene rings is 2. The fourth-order valence-electron chi connectivity index (χ4n) is 6.62. The van der Waals surface area contributed by atoms with E-state index in [0.717, 1.165) is 35.2 Å². The number of aryl methyl sites for hydroxylation is 2. The summed E-state index contributed by atoms with van der Waals surface area (Å²) in [5.74, 6) is 0.0902. The molecule has 4 aromatic rings. The minimum Gasteiger partial charge on any atom is -0.351 e. The van der Waals surface area contributed by atoms with Crippen LogP contribution in [-0.2, 0) is 4.79 Å². The predicted molar refractivity (Wildman–Crippen MR) is 169 cm³/mol. The molecule has 6 rings (SSSR count). The van der Waals surface area contributed by atoms with Gasteiger partial charge in [-0.2, -0.15) is 5.26 Å². The molecule has 0 saturated carbocycles. The van der Waals surface area contributed by atoms with Crippen molar-refractivity contribution in [2.24, 2.45) is 0 Å². The Labute approximate surface area is 256 Å². The second kappa shape index (κ2) is 11.3. The Hall–Kier alpha value is -4.00. The van der Waals surface area contributed by atoms with Crippen LogP contribution < -0.4 is 4.90 Å². The van der Waals surface area contributed by atoms with E-state index in [4.69, 9.17) is 21.6 Å². The van der Waals surface area contributed by atoms with Crippen LogP contribution in [0.3, 0.4) is 0 Å². The van der Waals surface area contributed by atoms with Crippen molar-refractivity contribution in [3.63, 3.8) is 0 Å². The first-order valence-corrected chi connectivity index (χ1v) is 15.0. The second-order valence-corrected chi connectivity index (χ2v) is 12.3. The number of hydrogen-bond donors (Lipinski definition) is 0. The minimum atomic E-state index is -0.406. The molecule has 2 aromatic heterocycles. The predicted octanol–water partition coefficient (Wildman–Crippen LogP) is 6.04. The molecular formula is C33H35ClFN7O. The Morgan fingerprint density at radius 3 is 2.72 bits per heavy atom. The number of rotatable bonds is 6. The summed E-state index contributed by atoms with van der Waals surface area (Å²) in [5, 5.41) is 10.7. The summed E-state index contributed by atoms with van der Waals surface area (Å²) in [4.78, 5) is 28.4. The number of pyridine rings is 1. The van der Waals surface area contributed by atoms with Crippen LogP contribution >= 0.6 is 11.6 Å². The number of fused-ring (bicyclic) bond motifs is 3. The Morgan fingerprint density at radius 1 is 1.26 bits per heavy atom. The maximum Gasteiger partial charge on any atom is 0.246 e. The number of imidazole rings is 1. The van der Waals surface area contributed by atoms with Gasteiger partial charge in [0.25, 0.3) is 0 Å². The number of carbonyl (C=O) groups is 1. The number of carbonyl (C=O) groups excluding carboxylic acids is 1. The number of halogens is 2. The van der Waals surface area contributed by atoms with Crippen molar-refractivity contribution in [1.29, 1.82) is 5.26 Å². The number of amides is 1. The molecule has 0 radical (unpaired) electrons. The molecule has 2 aromatic carbocycles. The Balaban J connectivity index is 1.55. The quantitative estimate of drug-likeness (QED) is 0.251. The summed E-state index contributed by atoms with van der Waals surface area (Å²) in [6.07, 6.45) is 4.61. The highest BCUT2D eigenvalue weighted by Crippen LogP contribution is 2.42. The third-order valence-electron chi connectivity index (χ3n) is 9.14. The van der Waals surface area contributed by atoms with Gasteiger partial charge in [0, 0.05) is 54.3 Å².